The quantitative estimate of drug-likeness (QED) is 0.217. The van der Waals surface area contributed by atoms with Gasteiger partial charge >= 0.3 is 0 Å². The minimum Gasteiger partial charge on any atom is -0.435 e. The molecular formula is C42H29N3O. The summed E-state index contributed by atoms with van der Waals surface area (Å²) >= 11 is 0. The van der Waals surface area contributed by atoms with Crippen molar-refractivity contribution in [1.29, 1.82) is 0 Å². The second-order valence-electron chi connectivity index (χ2n) is 11.7. The Morgan fingerprint density at radius 2 is 1.30 bits per heavy atom. The van der Waals surface area contributed by atoms with Crippen LogP contribution in [0.1, 0.15) is 22.7 Å². The van der Waals surface area contributed by atoms with Crippen LogP contribution in [0.4, 0.5) is 0 Å². The largest absolute Gasteiger partial charge is 0.435 e. The van der Waals surface area contributed by atoms with Crippen LogP contribution in [0.3, 0.4) is 0 Å². The molecule has 0 radical (unpaired) electrons. The summed E-state index contributed by atoms with van der Waals surface area (Å²) in [4.78, 5) is 4.87. The lowest BCUT2D eigenvalue weighted by Crippen LogP contribution is -2.22. The van der Waals surface area contributed by atoms with Crippen molar-refractivity contribution in [2.24, 2.45) is 0 Å². The average Bonchev–Trinajstić information content (AvgIpc) is 3.72. The number of aromatic nitrogens is 2. The van der Waals surface area contributed by atoms with Gasteiger partial charge in [0.1, 0.15) is 5.52 Å². The van der Waals surface area contributed by atoms with Crippen LogP contribution in [0.25, 0.3) is 61.3 Å². The lowest BCUT2D eigenvalue weighted by Gasteiger charge is -2.26. The van der Waals surface area contributed by atoms with E-state index in [0.29, 0.717) is 5.89 Å². The minimum atomic E-state index is -0.0159. The van der Waals surface area contributed by atoms with E-state index in [1.165, 1.54) is 22.3 Å². The van der Waals surface area contributed by atoms with Crippen LogP contribution >= 0.6 is 0 Å². The number of dihydropyridines is 1. The number of allylic oxidation sites excluding steroid dienone is 2. The molecule has 0 spiro atoms. The molecule has 1 N–H and O–H groups in total. The van der Waals surface area contributed by atoms with Crippen LogP contribution in [0.2, 0.25) is 0 Å². The molecule has 0 saturated carbocycles. The van der Waals surface area contributed by atoms with Gasteiger partial charge in [0.15, 0.2) is 5.58 Å². The van der Waals surface area contributed by atoms with Gasteiger partial charge in [-0.05, 0) is 76.9 Å². The third kappa shape index (κ3) is 4.42. The highest BCUT2D eigenvalue weighted by Gasteiger charge is 2.21. The topological polar surface area (TPSA) is 43.0 Å². The molecule has 1 atom stereocenters. The van der Waals surface area contributed by atoms with E-state index in [9.17, 15) is 0 Å². The summed E-state index contributed by atoms with van der Waals surface area (Å²) in [5, 5.41) is 6.04. The van der Waals surface area contributed by atoms with Gasteiger partial charge in [-0.2, -0.15) is 0 Å². The highest BCUT2D eigenvalue weighted by molar-refractivity contribution is 6.19. The van der Waals surface area contributed by atoms with E-state index in [-0.39, 0.29) is 6.04 Å². The summed E-state index contributed by atoms with van der Waals surface area (Å²) < 4.78 is 8.85. The molecule has 1 unspecified atom stereocenters. The van der Waals surface area contributed by atoms with Gasteiger partial charge in [-0.15, -0.1) is 0 Å². The Hall–Kier alpha value is -6.13. The summed E-state index contributed by atoms with van der Waals surface area (Å²) in [6.07, 6.45) is 4.58. The first-order chi connectivity index (χ1) is 22.8. The predicted octanol–water partition coefficient (Wildman–Crippen LogP) is 10.4. The number of rotatable bonds is 5. The number of hydrogen-bond acceptors (Lipinski definition) is 3. The molecule has 6 aromatic carbocycles. The Kier molecular flexibility index (Phi) is 6.17. The molecule has 218 valence electrons. The van der Waals surface area contributed by atoms with E-state index in [1.54, 1.807) is 0 Å². The van der Waals surface area contributed by atoms with Gasteiger partial charge in [-0.25, -0.2) is 4.98 Å². The Balaban J connectivity index is 1.19. The van der Waals surface area contributed by atoms with Crippen LogP contribution in [0, 0.1) is 0 Å². The summed E-state index contributed by atoms with van der Waals surface area (Å²) in [5.41, 5.74) is 11.8. The number of oxazole rings is 1. The molecule has 8 aromatic rings. The third-order valence-corrected chi connectivity index (χ3v) is 8.85. The Bertz CT molecular complexity index is 2430. The fourth-order valence-electron chi connectivity index (χ4n) is 6.69. The van der Waals surface area contributed by atoms with Crippen molar-refractivity contribution >= 4 is 44.2 Å². The fourth-order valence-corrected chi connectivity index (χ4v) is 6.69. The zero-order valence-electron chi connectivity index (χ0n) is 25.0. The Labute approximate surface area is 266 Å². The Morgan fingerprint density at radius 1 is 0.609 bits per heavy atom. The van der Waals surface area contributed by atoms with Crippen molar-refractivity contribution in [2.45, 2.75) is 6.04 Å². The van der Waals surface area contributed by atoms with E-state index in [2.05, 4.69) is 143 Å². The highest BCUT2D eigenvalue weighted by atomic mass is 16.3. The molecule has 9 rings (SSSR count). The molecule has 0 bridgehead atoms. The number of benzene rings is 6. The van der Waals surface area contributed by atoms with Crippen molar-refractivity contribution in [3.63, 3.8) is 0 Å². The smallest absolute Gasteiger partial charge is 0.227 e. The zero-order chi connectivity index (χ0) is 30.5. The van der Waals surface area contributed by atoms with Gasteiger partial charge in [-0.3, -0.25) is 0 Å². The number of hydrogen-bond donors (Lipinski definition) is 1. The number of nitrogens with zero attached hydrogens (tertiary/aromatic N) is 2. The standard InChI is InChI=1S/C42H29N3O/c1-4-13-28(14-5-1)32-26-36(29-15-6-2-7-16-29)43-37(27-32)31-19-12-20-33(25-31)45-38-22-11-10-21-34(38)40-39(45)24-23-35-41(40)46-42(44-35)30-17-8-3-9-18-30/h1-27,37,43H. The molecule has 0 fully saturated rings. The van der Waals surface area contributed by atoms with Gasteiger partial charge in [-0.1, -0.05) is 109 Å². The van der Waals surface area contributed by atoms with Crippen molar-refractivity contribution < 1.29 is 4.42 Å². The molecule has 0 amide bonds. The van der Waals surface area contributed by atoms with Crippen LogP contribution < -0.4 is 5.32 Å². The summed E-state index contributed by atoms with van der Waals surface area (Å²) in [6, 6.07) is 52.9. The SMILES string of the molecule is C1=C(c2ccccc2)C=C(c2ccccc2)NC1c1cccc(-n2c3ccccc3c3c4oc(-c5ccccc5)nc4ccc32)c1. The lowest BCUT2D eigenvalue weighted by atomic mass is 9.93. The van der Waals surface area contributed by atoms with Gasteiger partial charge in [0.25, 0.3) is 0 Å². The first kappa shape index (κ1) is 26.3. The molecular weight excluding hydrogens is 562 g/mol. The lowest BCUT2D eigenvalue weighted by molar-refractivity contribution is 0.623. The Morgan fingerprint density at radius 3 is 2.09 bits per heavy atom. The van der Waals surface area contributed by atoms with Crippen molar-refractivity contribution in [2.75, 3.05) is 0 Å². The van der Waals surface area contributed by atoms with Gasteiger partial charge in [0.05, 0.1) is 22.5 Å². The van der Waals surface area contributed by atoms with E-state index in [0.717, 1.165) is 49.9 Å². The second kappa shape index (κ2) is 10.8. The third-order valence-electron chi connectivity index (χ3n) is 8.85. The maximum absolute atomic E-state index is 6.50. The summed E-state index contributed by atoms with van der Waals surface area (Å²) in [5.74, 6) is 0.633. The average molecular weight is 592 g/mol. The molecule has 0 saturated heterocycles. The molecule has 3 heterocycles. The van der Waals surface area contributed by atoms with Crippen LogP contribution in [0.5, 0.6) is 0 Å². The molecule has 1 aliphatic heterocycles. The maximum atomic E-state index is 6.50. The van der Waals surface area contributed by atoms with Crippen LogP contribution in [0.15, 0.2) is 168 Å². The molecule has 1 aliphatic rings. The maximum Gasteiger partial charge on any atom is 0.227 e. The summed E-state index contributed by atoms with van der Waals surface area (Å²) in [6.45, 7) is 0. The fraction of sp³-hybridized carbons (Fsp3) is 0.0238. The summed E-state index contributed by atoms with van der Waals surface area (Å²) in [7, 11) is 0. The second-order valence-corrected chi connectivity index (χ2v) is 11.7. The zero-order valence-corrected chi connectivity index (χ0v) is 25.0. The van der Waals surface area contributed by atoms with Crippen LogP contribution in [-0.4, -0.2) is 9.55 Å². The number of fused-ring (bicyclic) bond motifs is 5. The predicted molar refractivity (Wildman–Crippen MR) is 188 cm³/mol. The highest BCUT2D eigenvalue weighted by Crippen LogP contribution is 2.39. The van der Waals surface area contributed by atoms with Crippen molar-refractivity contribution in [3.05, 3.63) is 181 Å². The molecule has 4 nitrogen and oxygen atoms in total. The van der Waals surface area contributed by atoms with E-state index in [1.807, 2.05) is 30.3 Å². The van der Waals surface area contributed by atoms with Gasteiger partial charge in [0, 0.05) is 22.3 Å². The molecule has 46 heavy (non-hydrogen) atoms. The van der Waals surface area contributed by atoms with E-state index in [4.69, 9.17) is 9.40 Å². The first-order valence-corrected chi connectivity index (χ1v) is 15.6. The van der Waals surface area contributed by atoms with Crippen molar-refractivity contribution in [3.8, 4) is 17.1 Å². The number of nitrogens with one attached hydrogen (secondary N) is 1. The normalized spacial score (nSPS) is 14.7. The monoisotopic (exact) mass is 591 g/mol. The van der Waals surface area contributed by atoms with Crippen LogP contribution in [-0.2, 0) is 0 Å². The van der Waals surface area contributed by atoms with E-state index >= 15 is 0 Å². The molecule has 4 heteroatoms. The first-order valence-electron chi connectivity index (χ1n) is 15.6. The van der Waals surface area contributed by atoms with Gasteiger partial charge in [0.2, 0.25) is 5.89 Å². The van der Waals surface area contributed by atoms with Crippen molar-refractivity contribution in [1.82, 2.24) is 14.9 Å². The van der Waals surface area contributed by atoms with E-state index < -0.39 is 0 Å². The van der Waals surface area contributed by atoms with Gasteiger partial charge < -0.3 is 14.3 Å². The number of para-hydroxylation sites is 1. The minimum absolute atomic E-state index is 0.0159. The molecule has 0 aliphatic carbocycles. The molecule has 2 aromatic heterocycles.